The van der Waals surface area contributed by atoms with E-state index in [9.17, 15) is 13.2 Å². The van der Waals surface area contributed by atoms with Crippen molar-refractivity contribution >= 4 is 11.4 Å². The van der Waals surface area contributed by atoms with Gasteiger partial charge in [0.25, 0.3) is 0 Å². The van der Waals surface area contributed by atoms with E-state index in [4.69, 9.17) is 6.57 Å². The van der Waals surface area contributed by atoms with Crippen LogP contribution in [-0.2, 0) is 12.6 Å². The first-order valence-corrected chi connectivity index (χ1v) is 4.80. The van der Waals surface area contributed by atoms with Gasteiger partial charge >= 0.3 is 6.18 Å². The number of anilines is 1. The Kier molecular flexibility index (Phi) is 2.30. The molecular weight excluding hydrogens is 217 g/mol. The van der Waals surface area contributed by atoms with Gasteiger partial charge in [0.1, 0.15) is 0 Å². The van der Waals surface area contributed by atoms with Crippen LogP contribution in [0.15, 0.2) is 12.1 Å². The molecule has 1 unspecified atom stereocenters. The van der Waals surface area contributed by atoms with Crippen molar-refractivity contribution in [3.8, 4) is 0 Å². The molecule has 0 aromatic heterocycles. The van der Waals surface area contributed by atoms with Gasteiger partial charge in [-0.25, -0.2) is 4.85 Å². The van der Waals surface area contributed by atoms with Gasteiger partial charge in [-0.15, -0.1) is 0 Å². The number of alkyl halides is 3. The van der Waals surface area contributed by atoms with Crippen molar-refractivity contribution in [3.05, 3.63) is 34.7 Å². The predicted molar refractivity (Wildman–Crippen MR) is 54.5 cm³/mol. The number of fused-ring (bicyclic) bond motifs is 1. The van der Waals surface area contributed by atoms with Crippen LogP contribution in [0.2, 0.25) is 0 Å². The van der Waals surface area contributed by atoms with Crippen LogP contribution in [0.25, 0.3) is 4.85 Å². The maximum Gasteiger partial charge on any atom is 0.407 e. The standard InChI is InChI=1S/C11H9F3N2/c1-6-5-7-8(16-6)3-4-9(15-2)10(7)11(12,13)14/h3-4,6,16H,5H2,1H3. The number of benzene rings is 1. The number of hydrogen-bond acceptors (Lipinski definition) is 1. The Bertz CT molecular complexity index is 471. The summed E-state index contributed by atoms with van der Waals surface area (Å²) >= 11 is 0. The smallest absolute Gasteiger partial charge is 0.382 e. The predicted octanol–water partition coefficient (Wildman–Crippen LogP) is 3.61. The Morgan fingerprint density at radius 2 is 2.12 bits per heavy atom. The molecule has 0 radical (unpaired) electrons. The molecule has 1 aromatic rings. The number of rotatable bonds is 0. The topological polar surface area (TPSA) is 16.4 Å². The second kappa shape index (κ2) is 3.41. The third-order valence-electron chi connectivity index (χ3n) is 2.61. The molecule has 0 saturated heterocycles. The summed E-state index contributed by atoms with van der Waals surface area (Å²) in [6.07, 6.45) is -4.15. The van der Waals surface area contributed by atoms with Crippen molar-refractivity contribution in [2.45, 2.75) is 25.6 Å². The molecule has 0 fully saturated rings. The molecule has 5 heteroatoms. The van der Waals surface area contributed by atoms with E-state index in [0.29, 0.717) is 12.1 Å². The minimum Gasteiger partial charge on any atom is -0.382 e. The molecule has 1 aliphatic rings. The lowest BCUT2D eigenvalue weighted by atomic mass is 10.0. The first-order chi connectivity index (χ1) is 7.43. The van der Waals surface area contributed by atoms with Crippen LogP contribution in [0.5, 0.6) is 0 Å². The molecular formula is C11H9F3N2. The number of nitrogens with zero attached hydrogens (tertiary/aromatic N) is 1. The van der Waals surface area contributed by atoms with Crippen LogP contribution in [0, 0.1) is 6.57 Å². The molecule has 0 saturated carbocycles. The summed E-state index contributed by atoms with van der Waals surface area (Å²) in [6, 6.07) is 2.75. The second-order valence-corrected chi connectivity index (χ2v) is 3.84. The molecule has 1 atom stereocenters. The Labute approximate surface area is 90.9 Å². The Hall–Kier alpha value is -1.70. The fourth-order valence-corrected chi connectivity index (χ4v) is 2.01. The fourth-order valence-electron chi connectivity index (χ4n) is 2.01. The maximum absolute atomic E-state index is 12.8. The average Bonchev–Trinajstić information content (AvgIpc) is 2.54. The van der Waals surface area contributed by atoms with E-state index >= 15 is 0 Å². The molecule has 1 aromatic carbocycles. The first kappa shape index (κ1) is 10.8. The van der Waals surface area contributed by atoms with E-state index in [1.165, 1.54) is 6.07 Å². The van der Waals surface area contributed by atoms with E-state index < -0.39 is 11.7 Å². The van der Waals surface area contributed by atoms with E-state index in [0.717, 1.165) is 0 Å². The lowest BCUT2D eigenvalue weighted by Crippen LogP contribution is -2.10. The summed E-state index contributed by atoms with van der Waals surface area (Å²) in [7, 11) is 0. The van der Waals surface area contributed by atoms with Crippen LogP contribution in [0.3, 0.4) is 0 Å². The second-order valence-electron chi connectivity index (χ2n) is 3.84. The van der Waals surface area contributed by atoms with Crippen molar-refractivity contribution in [2.75, 3.05) is 5.32 Å². The number of hydrogen-bond donors (Lipinski definition) is 1. The zero-order chi connectivity index (χ0) is 11.9. The molecule has 0 bridgehead atoms. The van der Waals surface area contributed by atoms with Gasteiger partial charge in [0, 0.05) is 11.7 Å². The van der Waals surface area contributed by atoms with Gasteiger partial charge in [-0.1, -0.05) is 6.07 Å². The largest absolute Gasteiger partial charge is 0.407 e. The fraction of sp³-hybridized carbons (Fsp3) is 0.364. The van der Waals surface area contributed by atoms with Crippen LogP contribution in [0.4, 0.5) is 24.5 Å². The Balaban J connectivity index is 2.66. The first-order valence-electron chi connectivity index (χ1n) is 4.80. The van der Waals surface area contributed by atoms with Gasteiger partial charge in [-0.3, -0.25) is 0 Å². The Morgan fingerprint density at radius 3 is 2.69 bits per heavy atom. The highest BCUT2D eigenvalue weighted by atomic mass is 19.4. The van der Waals surface area contributed by atoms with Crippen molar-refractivity contribution in [1.82, 2.24) is 0 Å². The lowest BCUT2D eigenvalue weighted by Gasteiger charge is -2.13. The molecule has 84 valence electrons. The van der Waals surface area contributed by atoms with Gasteiger partial charge in [0.05, 0.1) is 12.1 Å². The zero-order valence-electron chi connectivity index (χ0n) is 8.52. The monoisotopic (exact) mass is 226 g/mol. The molecule has 0 spiro atoms. The molecule has 1 heterocycles. The maximum atomic E-state index is 12.8. The quantitative estimate of drug-likeness (QED) is 0.668. The SMILES string of the molecule is [C-]#[N+]c1ccc2c(c1C(F)(F)F)CC(C)N2. The normalized spacial score (nSPS) is 18.8. The van der Waals surface area contributed by atoms with Crippen LogP contribution >= 0.6 is 0 Å². The summed E-state index contributed by atoms with van der Waals surface area (Å²) in [5.74, 6) is 0. The summed E-state index contributed by atoms with van der Waals surface area (Å²) < 4.78 is 38.5. The van der Waals surface area contributed by atoms with E-state index in [1.54, 1.807) is 6.07 Å². The molecule has 2 rings (SSSR count). The van der Waals surface area contributed by atoms with Gasteiger partial charge in [-0.2, -0.15) is 13.2 Å². The van der Waals surface area contributed by atoms with Crippen LogP contribution < -0.4 is 5.32 Å². The summed E-state index contributed by atoms with van der Waals surface area (Å²) in [5.41, 5.74) is -0.389. The summed E-state index contributed by atoms with van der Waals surface area (Å²) in [4.78, 5) is 2.94. The highest BCUT2D eigenvalue weighted by Gasteiger charge is 2.38. The van der Waals surface area contributed by atoms with Crippen LogP contribution in [0.1, 0.15) is 18.1 Å². The number of nitrogens with one attached hydrogen (secondary N) is 1. The molecule has 1 aliphatic heterocycles. The van der Waals surface area contributed by atoms with E-state index in [-0.39, 0.29) is 17.3 Å². The van der Waals surface area contributed by atoms with Gasteiger partial charge < -0.3 is 5.32 Å². The average molecular weight is 226 g/mol. The Morgan fingerprint density at radius 1 is 1.44 bits per heavy atom. The highest BCUT2D eigenvalue weighted by Crippen LogP contribution is 2.44. The van der Waals surface area contributed by atoms with Crippen molar-refractivity contribution in [1.29, 1.82) is 0 Å². The van der Waals surface area contributed by atoms with E-state index in [2.05, 4.69) is 10.2 Å². The van der Waals surface area contributed by atoms with E-state index in [1.807, 2.05) is 6.92 Å². The van der Waals surface area contributed by atoms with Crippen molar-refractivity contribution in [2.24, 2.45) is 0 Å². The molecule has 1 N–H and O–H groups in total. The third-order valence-corrected chi connectivity index (χ3v) is 2.61. The molecule has 2 nitrogen and oxygen atoms in total. The van der Waals surface area contributed by atoms with Gasteiger partial charge in [-0.05, 0) is 25.0 Å². The zero-order valence-corrected chi connectivity index (χ0v) is 8.52. The van der Waals surface area contributed by atoms with Crippen molar-refractivity contribution < 1.29 is 13.2 Å². The van der Waals surface area contributed by atoms with Gasteiger partial charge in [0.15, 0.2) is 5.69 Å². The third kappa shape index (κ3) is 1.60. The lowest BCUT2D eigenvalue weighted by molar-refractivity contribution is -0.137. The summed E-state index contributed by atoms with van der Waals surface area (Å²) in [5, 5.41) is 2.96. The molecule has 0 amide bonds. The molecule has 16 heavy (non-hydrogen) atoms. The number of halogens is 3. The minimum atomic E-state index is -4.46. The minimum absolute atomic E-state index is 0.0166. The molecule has 0 aliphatic carbocycles. The highest BCUT2D eigenvalue weighted by molar-refractivity contribution is 5.70. The summed E-state index contributed by atoms with van der Waals surface area (Å²) in [6.45, 7) is 8.60. The van der Waals surface area contributed by atoms with Crippen LogP contribution in [-0.4, -0.2) is 6.04 Å². The van der Waals surface area contributed by atoms with Crippen molar-refractivity contribution in [3.63, 3.8) is 0 Å². The van der Waals surface area contributed by atoms with Gasteiger partial charge in [0.2, 0.25) is 0 Å².